The van der Waals surface area contributed by atoms with Crippen LogP contribution in [0.5, 0.6) is 0 Å². The molecule has 0 aliphatic carbocycles. The van der Waals surface area contributed by atoms with Crippen LogP contribution in [-0.4, -0.2) is 17.8 Å². The molecule has 0 bridgehead atoms. The smallest absolute Gasteiger partial charge is 0.338 e. The lowest BCUT2D eigenvalue weighted by atomic mass is 9.92. The van der Waals surface area contributed by atoms with Crippen LogP contribution in [0.3, 0.4) is 0 Å². The van der Waals surface area contributed by atoms with Gasteiger partial charge in [-0.15, -0.1) is 0 Å². The summed E-state index contributed by atoms with van der Waals surface area (Å²) in [5, 5.41) is 2.42. The van der Waals surface area contributed by atoms with Crippen LogP contribution < -0.4 is 11.1 Å². The molecule has 0 unspecified atom stereocenters. The average molecular weight is 354 g/mol. The number of hydrogen-bond acceptors (Lipinski definition) is 4. The molecule has 0 heterocycles. The fourth-order valence-corrected chi connectivity index (χ4v) is 3.04. The van der Waals surface area contributed by atoms with Crippen molar-refractivity contribution in [1.82, 2.24) is 0 Å². The fraction of sp³-hybridized carbons (Fsp3) is 0.250. The van der Waals surface area contributed by atoms with Gasteiger partial charge in [0.05, 0.1) is 5.56 Å². The number of urea groups is 1. The van der Waals surface area contributed by atoms with Gasteiger partial charge in [0.2, 0.25) is 0 Å². The molecule has 0 spiro atoms. The first-order valence-corrected chi connectivity index (χ1v) is 8.15. The summed E-state index contributed by atoms with van der Waals surface area (Å²) in [4.78, 5) is 34.9. The number of carbonyl (C=O) groups excluding carboxylic acids is 3. The van der Waals surface area contributed by atoms with Crippen molar-refractivity contribution in [2.45, 2.75) is 34.3 Å². The molecule has 0 fully saturated rings. The maximum atomic E-state index is 12.3. The van der Waals surface area contributed by atoms with Crippen molar-refractivity contribution in [3.05, 3.63) is 63.7 Å². The Bertz CT molecular complexity index is 870. The van der Waals surface area contributed by atoms with Crippen LogP contribution in [0.4, 0.5) is 10.5 Å². The highest BCUT2D eigenvalue weighted by Crippen LogP contribution is 2.24. The molecule has 0 saturated carbocycles. The van der Waals surface area contributed by atoms with Crippen LogP contribution in [0.2, 0.25) is 0 Å². The maximum absolute atomic E-state index is 12.3. The number of ether oxygens (including phenoxy) is 1. The number of carbonyl (C=O) groups is 3. The molecule has 0 aliphatic heterocycles. The second-order valence-corrected chi connectivity index (χ2v) is 6.19. The molecule has 0 radical (unpaired) electrons. The summed E-state index contributed by atoms with van der Waals surface area (Å²) in [6.45, 7) is 7.30. The second kappa shape index (κ2) is 7.82. The SMILES string of the molecule is CC(=O)c1c(C)cc(C)c(COC(=O)c2ccc(NC(N)=O)cc2)c1C. The number of nitrogens with one attached hydrogen (secondary N) is 1. The van der Waals surface area contributed by atoms with Crippen LogP contribution in [0.1, 0.15) is 49.9 Å². The van der Waals surface area contributed by atoms with E-state index in [-0.39, 0.29) is 12.4 Å². The van der Waals surface area contributed by atoms with Gasteiger partial charge in [-0.3, -0.25) is 4.79 Å². The number of esters is 1. The standard InChI is InChI=1S/C20H22N2O4/c1-11-9-12(2)18(14(4)23)13(3)17(11)10-26-19(24)15-5-7-16(8-6-15)22-20(21)25/h5-9H,10H2,1-4H3,(H3,21,22,25). The lowest BCUT2D eigenvalue weighted by Gasteiger charge is -2.16. The third kappa shape index (κ3) is 4.27. The molecular weight excluding hydrogens is 332 g/mol. The van der Waals surface area contributed by atoms with Crippen molar-refractivity contribution in [2.24, 2.45) is 5.73 Å². The van der Waals surface area contributed by atoms with Crippen molar-refractivity contribution >= 4 is 23.5 Å². The number of benzene rings is 2. The molecule has 6 heteroatoms. The van der Waals surface area contributed by atoms with E-state index in [4.69, 9.17) is 10.5 Å². The van der Waals surface area contributed by atoms with Gasteiger partial charge < -0.3 is 15.8 Å². The summed E-state index contributed by atoms with van der Waals surface area (Å²) in [6, 6.07) is 7.48. The Balaban J connectivity index is 2.16. The summed E-state index contributed by atoms with van der Waals surface area (Å²) < 4.78 is 5.41. The van der Waals surface area contributed by atoms with E-state index in [1.54, 1.807) is 24.3 Å². The van der Waals surface area contributed by atoms with E-state index < -0.39 is 12.0 Å². The number of rotatable bonds is 5. The number of primary amides is 1. The average Bonchev–Trinajstić information content (AvgIpc) is 2.53. The molecule has 2 amide bonds. The number of amides is 2. The summed E-state index contributed by atoms with van der Waals surface area (Å²) in [5.74, 6) is -0.496. The molecule has 3 N–H and O–H groups in total. The quantitative estimate of drug-likeness (QED) is 0.632. The topological polar surface area (TPSA) is 98.5 Å². The van der Waals surface area contributed by atoms with Crippen molar-refractivity contribution in [3.8, 4) is 0 Å². The minimum atomic E-state index is -0.674. The molecule has 2 aromatic carbocycles. The van der Waals surface area contributed by atoms with E-state index in [0.29, 0.717) is 16.8 Å². The molecule has 2 rings (SSSR count). The van der Waals surface area contributed by atoms with E-state index in [0.717, 1.165) is 22.3 Å². The van der Waals surface area contributed by atoms with E-state index in [2.05, 4.69) is 5.32 Å². The highest BCUT2D eigenvalue weighted by molar-refractivity contribution is 5.97. The van der Waals surface area contributed by atoms with E-state index >= 15 is 0 Å². The molecule has 26 heavy (non-hydrogen) atoms. The largest absolute Gasteiger partial charge is 0.457 e. The van der Waals surface area contributed by atoms with Gasteiger partial charge in [0.15, 0.2) is 5.78 Å². The zero-order valence-electron chi connectivity index (χ0n) is 15.3. The van der Waals surface area contributed by atoms with Crippen LogP contribution >= 0.6 is 0 Å². The number of anilines is 1. The van der Waals surface area contributed by atoms with E-state index in [9.17, 15) is 14.4 Å². The monoisotopic (exact) mass is 354 g/mol. The van der Waals surface area contributed by atoms with Gasteiger partial charge in [-0.2, -0.15) is 0 Å². The van der Waals surface area contributed by atoms with Crippen molar-refractivity contribution in [2.75, 3.05) is 5.32 Å². The van der Waals surface area contributed by atoms with Gasteiger partial charge in [0.1, 0.15) is 6.61 Å². The lowest BCUT2D eigenvalue weighted by Crippen LogP contribution is -2.19. The number of ketones is 1. The summed E-state index contributed by atoms with van der Waals surface area (Å²) in [6.07, 6.45) is 0. The van der Waals surface area contributed by atoms with E-state index in [1.807, 2.05) is 26.8 Å². The Kier molecular flexibility index (Phi) is 5.77. The Morgan fingerprint density at radius 2 is 1.65 bits per heavy atom. The zero-order valence-corrected chi connectivity index (χ0v) is 15.3. The third-order valence-corrected chi connectivity index (χ3v) is 4.22. The highest BCUT2D eigenvalue weighted by Gasteiger charge is 2.16. The van der Waals surface area contributed by atoms with Gasteiger partial charge >= 0.3 is 12.0 Å². The normalized spacial score (nSPS) is 10.3. The Labute approximate surface area is 152 Å². The first-order valence-electron chi connectivity index (χ1n) is 8.15. The summed E-state index contributed by atoms with van der Waals surface area (Å²) >= 11 is 0. The van der Waals surface area contributed by atoms with Gasteiger partial charge in [-0.25, -0.2) is 9.59 Å². The van der Waals surface area contributed by atoms with Gasteiger partial charge in [0.25, 0.3) is 0 Å². The van der Waals surface area contributed by atoms with E-state index in [1.165, 1.54) is 6.92 Å². The predicted molar refractivity (Wildman–Crippen MR) is 99.4 cm³/mol. The second-order valence-electron chi connectivity index (χ2n) is 6.19. The molecule has 0 aromatic heterocycles. The Morgan fingerprint density at radius 1 is 1.04 bits per heavy atom. The highest BCUT2D eigenvalue weighted by atomic mass is 16.5. The van der Waals surface area contributed by atoms with Crippen molar-refractivity contribution in [3.63, 3.8) is 0 Å². The van der Waals surface area contributed by atoms with Crippen LogP contribution in [0.25, 0.3) is 0 Å². The van der Waals surface area contributed by atoms with Crippen LogP contribution in [0, 0.1) is 20.8 Å². The summed E-state index contributed by atoms with van der Waals surface area (Å²) in [7, 11) is 0. The van der Waals surface area contributed by atoms with Crippen LogP contribution in [0.15, 0.2) is 30.3 Å². The predicted octanol–water partition coefficient (Wildman–Crippen LogP) is 3.66. The minimum Gasteiger partial charge on any atom is -0.457 e. The van der Waals surface area contributed by atoms with Crippen LogP contribution in [-0.2, 0) is 11.3 Å². The Hall–Kier alpha value is -3.15. The molecule has 2 aromatic rings. The molecule has 6 nitrogen and oxygen atoms in total. The number of aryl methyl sites for hydroxylation is 2. The van der Waals surface area contributed by atoms with Gasteiger partial charge in [0, 0.05) is 11.3 Å². The van der Waals surface area contributed by atoms with Crippen molar-refractivity contribution < 1.29 is 19.1 Å². The van der Waals surface area contributed by atoms with Gasteiger partial charge in [-0.1, -0.05) is 6.07 Å². The van der Waals surface area contributed by atoms with Gasteiger partial charge in [-0.05, 0) is 74.2 Å². The first-order chi connectivity index (χ1) is 12.2. The van der Waals surface area contributed by atoms with Crippen molar-refractivity contribution in [1.29, 1.82) is 0 Å². The Morgan fingerprint density at radius 3 is 2.19 bits per heavy atom. The third-order valence-electron chi connectivity index (χ3n) is 4.22. The summed E-state index contributed by atoms with van der Waals surface area (Å²) in [5.41, 5.74) is 10.1. The molecule has 0 saturated heterocycles. The molecule has 0 atom stereocenters. The lowest BCUT2D eigenvalue weighted by molar-refractivity contribution is 0.0471. The number of Topliss-reactive ketones (excluding diaryl/α,β-unsaturated/α-hetero) is 1. The molecular formula is C20H22N2O4. The number of hydrogen-bond donors (Lipinski definition) is 2. The molecule has 0 aliphatic rings. The first kappa shape index (κ1) is 19.2. The maximum Gasteiger partial charge on any atom is 0.338 e. The molecule has 136 valence electrons. The zero-order chi connectivity index (χ0) is 19.4. The fourth-order valence-electron chi connectivity index (χ4n) is 3.04. The number of nitrogens with two attached hydrogens (primary N) is 1. The minimum absolute atomic E-state index is 0.00915.